The van der Waals surface area contributed by atoms with E-state index in [1.54, 1.807) is 6.92 Å². The van der Waals surface area contributed by atoms with E-state index in [0.29, 0.717) is 6.54 Å². The molecule has 4 nitrogen and oxygen atoms in total. The summed E-state index contributed by atoms with van der Waals surface area (Å²) in [6.07, 6.45) is 0. The van der Waals surface area contributed by atoms with Crippen LogP contribution in [0, 0.1) is 11.6 Å². The predicted octanol–water partition coefficient (Wildman–Crippen LogP) is 2.51. The van der Waals surface area contributed by atoms with Gasteiger partial charge in [-0.15, -0.1) is 0 Å². The summed E-state index contributed by atoms with van der Waals surface area (Å²) in [6, 6.07) is 10.7. The summed E-state index contributed by atoms with van der Waals surface area (Å²) in [5, 5.41) is 2.99. The van der Waals surface area contributed by atoms with Crippen molar-refractivity contribution in [3.05, 3.63) is 65.2 Å². The van der Waals surface area contributed by atoms with Crippen LogP contribution in [0.1, 0.15) is 18.1 Å². The second-order valence-corrected chi connectivity index (χ2v) is 5.17. The van der Waals surface area contributed by atoms with Gasteiger partial charge in [-0.3, -0.25) is 4.79 Å². The van der Waals surface area contributed by atoms with Crippen molar-refractivity contribution in [1.82, 2.24) is 5.32 Å². The number of hydrogen-bond donors (Lipinski definition) is 2. The van der Waals surface area contributed by atoms with E-state index in [4.69, 9.17) is 10.5 Å². The Morgan fingerprint density at radius 1 is 1.22 bits per heavy atom. The number of nitrogens with two attached hydrogens (primary N) is 1. The molecule has 0 aliphatic rings. The highest BCUT2D eigenvalue weighted by molar-refractivity contribution is 5.79. The van der Waals surface area contributed by atoms with E-state index < -0.39 is 23.6 Å². The minimum atomic E-state index is -0.999. The molecular formula is C17H18F2N2O2. The molecule has 2 aromatic carbocycles. The molecule has 1 amide bonds. The zero-order valence-corrected chi connectivity index (χ0v) is 12.7. The molecule has 2 rings (SSSR count). The lowest BCUT2D eigenvalue weighted by atomic mass is 10.1. The average molecular weight is 320 g/mol. The van der Waals surface area contributed by atoms with E-state index in [9.17, 15) is 13.6 Å². The number of benzene rings is 2. The second-order valence-electron chi connectivity index (χ2n) is 5.17. The molecule has 0 spiro atoms. The summed E-state index contributed by atoms with van der Waals surface area (Å²) in [5.74, 6) is -2.50. The largest absolute Gasteiger partial charge is 0.486 e. The second kappa shape index (κ2) is 7.69. The third kappa shape index (κ3) is 4.75. The molecule has 6 heteroatoms. The molecule has 23 heavy (non-hydrogen) atoms. The van der Waals surface area contributed by atoms with Gasteiger partial charge in [-0.05, 0) is 30.2 Å². The summed E-state index contributed by atoms with van der Waals surface area (Å²) in [7, 11) is 0. The first kappa shape index (κ1) is 16.9. The maximum Gasteiger partial charge on any atom is 0.234 e. The van der Waals surface area contributed by atoms with E-state index in [-0.39, 0.29) is 12.4 Å². The number of primary amides is 1. The van der Waals surface area contributed by atoms with E-state index in [0.717, 1.165) is 17.2 Å². The zero-order chi connectivity index (χ0) is 16.8. The van der Waals surface area contributed by atoms with Gasteiger partial charge < -0.3 is 15.8 Å². The number of rotatable bonds is 7. The predicted molar refractivity (Wildman–Crippen MR) is 82.6 cm³/mol. The van der Waals surface area contributed by atoms with Gasteiger partial charge in [0.05, 0.1) is 6.04 Å². The van der Waals surface area contributed by atoms with Gasteiger partial charge in [-0.25, -0.2) is 4.39 Å². The van der Waals surface area contributed by atoms with Crippen molar-refractivity contribution in [3.63, 3.8) is 0 Å². The Morgan fingerprint density at radius 2 is 1.91 bits per heavy atom. The summed E-state index contributed by atoms with van der Waals surface area (Å²) in [4.78, 5) is 11.0. The number of nitrogens with one attached hydrogen (secondary N) is 1. The van der Waals surface area contributed by atoms with E-state index in [1.165, 1.54) is 12.1 Å². The highest BCUT2D eigenvalue weighted by atomic mass is 19.2. The van der Waals surface area contributed by atoms with Crippen molar-refractivity contribution in [2.24, 2.45) is 5.73 Å². The molecule has 2 aromatic rings. The van der Waals surface area contributed by atoms with Crippen LogP contribution in [-0.4, -0.2) is 11.9 Å². The molecule has 0 unspecified atom stereocenters. The van der Waals surface area contributed by atoms with Gasteiger partial charge in [-0.1, -0.05) is 30.3 Å². The first-order valence-corrected chi connectivity index (χ1v) is 7.14. The maximum atomic E-state index is 13.5. The Morgan fingerprint density at radius 3 is 2.65 bits per heavy atom. The fourth-order valence-electron chi connectivity index (χ4n) is 1.96. The minimum absolute atomic E-state index is 0.111. The van der Waals surface area contributed by atoms with Gasteiger partial charge in [0.1, 0.15) is 6.61 Å². The van der Waals surface area contributed by atoms with Gasteiger partial charge in [0.15, 0.2) is 11.6 Å². The number of carbonyl (C=O) groups is 1. The fraction of sp³-hybridized carbons (Fsp3) is 0.235. The van der Waals surface area contributed by atoms with Crippen molar-refractivity contribution in [2.45, 2.75) is 26.1 Å². The molecule has 0 fully saturated rings. The SMILES string of the molecule is C[C@H](NCc1cccc(COc2cccc(F)c2F)c1)C(N)=O. The van der Waals surface area contributed by atoms with Crippen LogP contribution < -0.4 is 15.8 Å². The smallest absolute Gasteiger partial charge is 0.234 e. The molecular weight excluding hydrogens is 302 g/mol. The van der Waals surface area contributed by atoms with Gasteiger partial charge in [-0.2, -0.15) is 4.39 Å². The molecule has 0 radical (unpaired) electrons. The van der Waals surface area contributed by atoms with Crippen LogP contribution in [-0.2, 0) is 17.9 Å². The van der Waals surface area contributed by atoms with E-state index in [1.807, 2.05) is 24.3 Å². The van der Waals surface area contributed by atoms with Gasteiger partial charge in [0.2, 0.25) is 11.7 Å². The van der Waals surface area contributed by atoms with Crippen LogP contribution in [0.2, 0.25) is 0 Å². The van der Waals surface area contributed by atoms with Crippen LogP contribution in [0.25, 0.3) is 0 Å². The van der Waals surface area contributed by atoms with Crippen LogP contribution in [0.15, 0.2) is 42.5 Å². The molecule has 0 heterocycles. The van der Waals surface area contributed by atoms with Crippen LogP contribution in [0.3, 0.4) is 0 Å². The lowest BCUT2D eigenvalue weighted by Crippen LogP contribution is -2.38. The molecule has 0 aliphatic carbocycles. The van der Waals surface area contributed by atoms with Gasteiger partial charge in [0.25, 0.3) is 0 Å². The Bertz CT molecular complexity index is 692. The molecule has 0 aliphatic heterocycles. The maximum absolute atomic E-state index is 13.5. The van der Waals surface area contributed by atoms with Crippen molar-refractivity contribution >= 4 is 5.91 Å². The summed E-state index contributed by atoms with van der Waals surface area (Å²) in [5.41, 5.74) is 6.92. The normalized spacial score (nSPS) is 12.0. The first-order valence-electron chi connectivity index (χ1n) is 7.14. The Labute approximate surface area is 133 Å². The Hall–Kier alpha value is -2.47. The van der Waals surface area contributed by atoms with Crippen molar-refractivity contribution < 1.29 is 18.3 Å². The van der Waals surface area contributed by atoms with Crippen LogP contribution >= 0.6 is 0 Å². The van der Waals surface area contributed by atoms with Crippen molar-refractivity contribution in [2.75, 3.05) is 0 Å². The Balaban J connectivity index is 1.97. The van der Waals surface area contributed by atoms with E-state index >= 15 is 0 Å². The summed E-state index contributed by atoms with van der Waals surface area (Å²) in [6.45, 7) is 2.26. The highest BCUT2D eigenvalue weighted by Crippen LogP contribution is 2.20. The third-order valence-corrected chi connectivity index (χ3v) is 3.34. The Kier molecular flexibility index (Phi) is 5.65. The third-order valence-electron chi connectivity index (χ3n) is 3.34. The quantitative estimate of drug-likeness (QED) is 0.824. The molecule has 3 N–H and O–H groups in total. The first-order chi connectivity index (χ1) is 11.0. The lowest BCUT2D eigenvalue weighted by molar-refractivity contribution is -0.119. The number of halogens is 2. The molecule has 1 atom stereocenters. The molecule has 0 bridgehead atoms. The summed E-state index contributed by atoms with van der Waals surface area (Å²) >= 11 is 0. The zero-order valence-electron chi connectivity index (χ0n) is 12.7. The van der Waals surface area contributed by atoms with Gasteiger partial charge in [0, 0.05) is 6.54 Å². The number of ether oxygens (including phenoxy) is 1. The standard InChI is InChI=1S/C17H18F2N2O2/c1-11(17(20)22)21-9-12-4-2-5-13(8-12)10-23-15-7-3-6-14(18)16(15)19/h2-8,11,21H,9-10H2,1H3,(H2,20,22)/t11-/m0/s1. The highest BCUT2D eigenvalue weighted by Gasteiger charge is 2.09. The molecule has 0 saturated carbocycles. The molecule has 0 aromatic heterocycles. The monoisotopic (exact) mass is 320 g/mol. The average Bonchev–Trinajstić information content (AvgIpc) is 2.54. The molecule has 0 saturated heterocycles. The lowest BCUT2D eigenvalue weighted by Gasteiger charge is -2.11. The topological polar surface area (TPSA) is 64.3 Å². The summed E-state index contributed by atoms with van der Waals surface area (Å²) < 4.78 is 31.9. The number of hydrogen-bond acceptors (Lipinski definition) is 3. The minimum Gasteiger partial charge on any atom is -0.486 e. The number of amides is 1. The van der Waals surface area contributed by atoms with Crippen molar-refractivity contribution in [3.8, 4) is 5.75 Å². The van der Waals surface area contributed by atoms with Crippen molar-refractivity contribution in [1.29, 1.82) is 0 Å². The van der Waals surface area contributed by atoms with Crippen LogP contribution in [0.5, 0.6) is 5.75 Å². The van der Waals surface area contributed by atoms with E-state index in [2.05, 4.69) is 5.32 Å². The van der Waals surface area contributed by atoms with Gasteiger partial charge >= 0.3 is 0 Å². The molecule has 122 valence electrons. The van der Waals surface area contributed by atoms with Crippen LogP contribution in [0.4, 0.5) is 8.78 Å². The number of carbonyl (C=O) groups excluding carboxylic acids is 1. The fourth-order valence-corrected chi connectivity index (χ4v) is 1.96.